The molecule has 1 heterocycles. The number of nitrogens with one attached hydrogen (secondary N) is 1. The van der Waals surface area contributed by atoms with Crippen LogP contribution in [-0.4, -0.2) is 46.7 Å². The molecule has 24 heavy (non-hydrogen) atoms. The lowest BCUT2D eigenvalue weighted by molar-refractivity contribution is -0.156. The molecule has 2 aliphatic rings. The molecule has 1 aliphatic heterocycles. The minimum atomic E-state index is -1.21. The van der Waals surface area contributed by atoms with Gasteiger partial charge in [0.1, 0.15) is 0 Å². The first-order chi connectivity index (χ1) is 11.6. The molecule has 4 nitrogen and oxygen atoms in total. The van der Waals surface area contributed by atoms with E-state index in [1.807, 2.05) is 23.1 Å². The molecular weight excluding hydrogens is 300 g/mol. The van der Waals surface area contributed by atoms with Crippen LogP contribution in [0.15, 0.2) is 30.3 Å². The van der Waals surface area contributed by atoms with Gasteiger partial charge in [0.05, 0.1) is 0 Å². The molecule has 0 bridgehead atoms. The summed E-state index contributed by atoms with van der Waals surface area (Å²) in [7, 11) is 0. The van der Waals surface area contributed by atoms with Crippen LogP contribution in [0.25, 0.3) is 0 Å². The summed E-state index contributed by atoms with van der Waals surface area (Å²) in [5, 5.41) is 14.3. The molecule has 2 fully saturated rings. The van der Waals surface area contributed by atoms with Crippen molar-refractivity contribution in [1.82, 2.24) is 10.2 Å². The lowest BCUT2D eigenvalue weighted by Crippen LogP contribution is -2.59. The maximum absolute atomic E-state index is 12.8. The molecular formula is C20H30N2O2. The Labute approximate surface area is 145 Å². The molecule has 1 saturated carbocycles. The van der Waals surface area contributed by atoms with Crippen molar-refractivity contribution in [3.8, 4) is 0 Å². The van der Waals surface area contributed by atoms with E-state index in [0.717, 1.165) is 51.6 Å². The van der Waals surface area contributed by atoms with Crippen molar-refractivity contribution in [2.45, 2.75) is 63.0 Å². The third-order valence-corrected chi connectivity index (χ3v) is 5.73. The fourth-order valence-electron chi connectivity index (χ4n) is 3.70. The van der Waals surface area contributed by atoms with Crippen molar-refractivity contribution in [2.75, 3.05) is 19.6 Å². The summed E-state index contributed by atoms with van der Waals surface area (Å²) < 4.78 is 0. The molecule has 1 aromatic rings. The first-order valence-electron chi connectivity index (χ1n) is 9.38. The van der Waals surface area contributed by atoms with Gasteiger partial charge in [-0.05, 0) is 50.5 Å². The van der Waals surface area contributed by atoms with Crippen LogP contribution in [0.5, 0.6) is 0 Å². The van der Waals surface area contributed by atoms with Gasteiger partial charge in [0, 0.05) is 25.2 Å². The molecule has 132 valence electrons. The molecule has 3 rings (SSSR count). The second-order valence-electron chi connectivity index (χ2n) is 7.50. The van der Waals surface area contributed by atoms with E-state index >= 15 is 0 Å². The Hall–Kier alpha value is -1.39. The third kappa shape index (κ3) is 3.98. The summed E-state index contributed by atoms with van der Waals surface area (Å²) >= 11 is 0. The van der Waals surface area contributed by atoms with E-state index in [4.69, 9.17) is 0 Å². The number of amides is 1. The molecule has 0 radical (unpaired) electrons. The summed E-state index contributed by atoms with van der Waals surface area (Å²) in [5.41, 5.74) is 0.277. The van der Waals surface area contributed by atoms with E-state index in [2.05, 4.69) is 24.4 Å². The van der Waals surface area contributed by atoms with E-state index in [1.165, 1.54) is 5.56 Å². The topological polar surface area (TPSA) is 52.6 Å². The Bertz CT molecular complexity index is 556. The van der Waals surface area contributed by atoms with E-state index in [0.29, 0.717) is 13.0 Å². The van der Waals surface area contributed by atoms with Gasteiger partial charge in [0.2, 0.25) is 0 Å². The molecule has 0 aromatic heterocycles. The second-order valence-corrected chi connectivity index (χ2v) is 7.50. The summed E-state index contributed by atoms with van der Waals surface area (Å²) in [6, 6.07) is 10.4. The fraction of sp³-hybridized carbons (Fsp3) is 0.650. The maximum atomic E-state index is 12.8. The highest BCUT2D eigenvalue weighted by Gasteiger charge is 2.46. The minimum absolute atomic E-state index is 0.0822. The van der Waals surface area contributed by atoms with Crippen LogP contribution >= 0.6 is 0 Å². The quantitative estimate of drug-likeness (QED) is 0.770. The van der Waals surface area contributed by atoms with Crippen molar-refractivity contribution in [2.24, 2.45) is 0 Å². The highest BCUT2D eigenvalue weighted by molar-refractivity contribution is 5.86. The van der Waals surface area contributed by atoms with E-state index in [9.17, 15) is 9.90 Å². The number of hydrogen-bond acceptors (Lipinski definition) is 3. The van der Waals surface area contributed by atoms with Gasteiger partial charge >= 0.3 is 0 Å². The fourth-order valence-corrected chi connectivity index (χ4v) is 3.70. The van der Waals surface area contributed by atoms with Crippen LogP contribution in [0.4, 0.5) is 0 Å². The number of aliphatic hydroxyl groups is 1. The van der Waals surface area contributed by atoms with Crippen molar-refractivity contribution in [1.29, 1.82) is 0 Å². The molecule has 0 spiro atoms. The Morgan fingerprint density at radius 1 is 1.21 bits per heavy atom. The van der Waals surface area contributed by atoms with Gasteiger partial charge in [-0.25, -0.2) is 0 Å². The summed E-state index contributed by atoms with van der Waals surface area (Å²) in [5.74, 6) is -0.0822. The number of piperidine rings is 1. The van der Waals surface area contributed by atoms with Gasteiger partial charge in [0.15, 0.2) is 5.60 Å². The predicted molar refractivity (Wildman–Crippen MR) is 95.8 cm³/mol. The van der Waals surface area contributed by atoms with Crippen LogP contribution in [0.1, 0.15) is 51.0 Å². The third-order valence-electron chi connectivity index (χ3n) is 5.73. The van der Waals surface area contributed by atoms with Gasteiger partial charge in [-0.2, -0.15) is 0 Å². The van der Waals surface area contributed by atoms with Crippen LogP contribution in [0, 0.1) is 0 Å². The largest absolute Gasteiger partial charge is 0.379 e. The predicted octanol–water partition coefficient (Wildman–Crippen LogP) is 2.50. The molecule has 0 unspecified atom stereocenters. The van der Waals surface area contributed by atoms with Crippen LogP contribution in [0.3, 0.4) is 0 Å². The highest BCUT2D eigenvalue weighted by atomic mass is 16.3. The van der Waals surface area contributed by atoms with Gasteiger partial charge in [-0.15, -0.1) is 0 Å². The van der Waals surface area contributed by atoms with Crippen LogP contribution in [0.2, 0.25) is 0 Å². The Balaban J connectivity index is 1.50. The SMILES string of the molecule is CCC1(NC[C@@]2(O)CCCN(CCCc3ccccc3)C2=O)CC1. The number of carbonyl (C=O) groups excluding carboxylic acids is 1. The lowest BCUT2D eigenvalue weighted by atomic mass is 9.91. The summed E-state index contributed by atoms with van der Waals surface area (Å²) in [6.45, 7) is 4.07. The monoisotopic (exact) mass is 330 g/mol. The lowest BCUT2D eigenvalue weighted by Gasteiger charge is -2.39. The molecule has 4 heteroatoms. The number of aryl methyl sites for hydroxylation is 1. The van der Waals surface area contributed by atoms with Gasteiger partial charge in [-0.1, -0.05) is 37.3 Å². The Morgan fingerprint density at radius 2 is 1.96 bits per heavy atom. The average molecular weight is 330 g/mol. The minimum Gasteiger partial charge on any atom is -0.379 e. The van der Waals surface area contributed by atoms with Crippen LogP contribution in [-0.2, 0) is 11.2 Å². The Kier molecular flexibility index (Phi) is 5.26. The second kappa shape index (κ2) is 7.24. The zero-order valence-corrected chi connectivity index (χ0v) is 14.8. The van der Waals surface area contributed by atoms with E-state index in [-0.39, 0.29) is 11.4 Å². The number of nitrogens with zero attached hydrogens (tertiary/aromatic N) is 1. The molecule has 1 aliphatic carbocycles. The summed E-state index contributed by atoms with van der Waals surface area (Å²) in [6.07, 6.45) is 6.77. The molecule has 1 saturated heterocycles. The summed E-state index contributed by atoms with van der Waals surface area (Å²) in [4.78, 5) is 14.6. The normalized spacial score (nSPS) is 25.8. The number of carbonyl (C=O) groups is 1. The number of hydrogen-bond donors (Lipinski definition) is 2. The molecule has 2 N–H and O–H groups in total. The van der Waals surface area contributed by atoms with Crippen molar-refractivity contribution in [3.63, 3.8) is 0 Å². The first-order valence-corrected chi connectivity index (χ1v) is 9.38. The molecule has 1 aromatic carbocycles. The smallest absolute Gasteiger partial charge is 0.255 e. The van der Waals surface area contributed by atoms with Gasteiger partial charge in [0.25, 0.3) is 5.91 Å². The van der Waals surface area contributed by atoms with Crippen molar-refractivity contribution >= 4 is 5.91 Å². The number of rotatable bonds is 8. The standard InChI is InChI=1S/C20H30N2O2/c1-2-19(12-13-19)21-16-20(24)11-7-15-22(18(20)23)14-6-10-17-8-4-3-5-9-17/h3-5,8-9,21,24H,2,6-7,10-16H2,1H3/t20-/m0/s1. The zero-order valence-electron chi connectivity index (χ0n) is 14.8. The van der Waals surface area contributed by atoms with E-state index < -0.39 is 5.60 Å². The van der Waals surface area contributed by atoms with Gasteiger partial charge in [-0.3, -0.25) is 4.79 Å². The van der Waals surface area contributed by atoms with Crippen molar-refractivity contribution < 1.29 is 9.90 Å². The number of likely N-dealkylation sites (tertiary alicyclic amines) is 1. The number of benzene rings is 1. The molecule has 1 amide bonds. The van der Waals surface area contributed by atoms with Gasteiger partial charge < -0.3 is 15.3 Å². The van der Waals surface area contributed by atoms with Crippen molar-refractivity contribution in [3.05, 3.63) is 35.9 Å². The van der Waals surface area contributed by atoms with E-state index in [1.54, 1.807) is 0 Å². The molecule has 1 atom stereocenters. The highest BCUT2D eigenvalue weighted by Crippen LogP contribution is 2.39. The zero-order chi connectivity index (χ0) is 17.0. The Morgan fingerprint density at radius 3 is 2.62 bits per heavy atom. The van der Waals surface area contributed by atoms with Crippen LogP contribution < -0.4 is 5.32 Å². The maximum Gasteiger partial charge on any atom is 0.255 e. The first kappa shape index (κ1) is 17.4. The average Bonchev–Trinajstić information content (AvgIpc) is 3.39. The number of β-amino-alcohol motifs (C(OH)–C–C–N with tert-alkyl or cyclic N) is 1.